The number of hydrogen-bond acceptors (Lipinski definition) is 7. The maximum absolute atomic E-state index is 12.4. The van der Waals surface area contributed by atoms with Crippen LogP contribution in [0.3, 0.4) is 0 Å². The summed E-state index contributed by atoms with van der Waals surface area (Å²) in [6, 6.07) is 5.29. The van der Waals surface area contributed by atoms with Gasteiger partial charge in [0.2, 0.25) is 5.95 Å². The molecular formula is C18H22N6O3. The van der Waals surface area contributed by atoms with Gasteiger partial charge >= 0.3 is 6.09 Å². The summed E-state index contributed by atoms with van der Waals surface area (Å²) in [7, 11) is 0. The molecule has 0 bridgehead atoms. The van der Waals surface area contributed by atoms with Gasteiger partial charge in [0.15, 0.2) is 0 Å². The van der Waals surface area contributed by atoms with Crippen molar-refractivity contribution in [3.8, 4) is 0 Å². The largest absolute Gasteiger partial charge is 0.450 e. The SMILES string of the molecule is CCOC(=O)N1CCN(c2nccc(C(=O)NCc3cccnc3)n2)CC1. The number of nitrogens with one attached hydrogen (secondary N) is 1. The van der Waals surface area contributed by atoms with E-state index >= 15 is 0 Å². The van der Waals surface area contributed by atoms with Gasteiger partial charge in [-0.3, -0.25) is 9.78 Å². The van der Waals surface area contributed by atoms with Gasteiger partial charge in [0, 0.05) is 51.3 Å². The first kappa shape index (κ1) is 18.6. The van der Waals surface area contributed by atoms with Crippen LogP contribution in [0.25, 0.3) is 0 Å². The van der Waals surface area contributed by atoms with Crippen LogP contribution in [-0.2, 0) is 11.3 Å². The van der Waals surface area contributed by atoms with Crippen LogP contribution >= 0.6 is 0 Å². The highest BCUT2D eigenvalue weighted by Crippen LogP contribution is 2.12. The molecule has 2 amide bonds. The van der Waals surface area contributed by atoms with Crippen LogP contribution in [0.15, 0.2) is 36.8 Å². The van der Waals surface area contributed by atoms with E-state index in [4.69, 9.17) is 4.74 Å². The Hall–Kier alpha value is -3.23. The fourth-order valence-corrected chi connectivity index (χ4v) is 2.71. The Balaban J connectivity index is 1.57. The summed E-state index contributed by atoms with van der Waals surface area (Å²) in [5.41, 5.74) is 1.21. The minimum atomic E-state index is -0.304. The molecule has 3 heterocycles. The molecule has 0 radical (unpaired) electrons. The number of anilines is 1. The molecule has 27 heavy (non-hydrogen) atoms. The smallest absolute Gasteiger partial charge is 0.409 e. The van der Waals surface area contributed by atoms with Gasteiger partial charge in [-0.1, -0.05) is 6.07 Å². The third-order valence-electron chi connectivity index (χ3n) is 4.14. The predicted molar refractivity (Wildman–Crippen MR) is 98.2 cm³/mol. The molecule has 2 aromatic heterocycles. The predicted octanol–water partition coefficient (Wildman–Crippen LogP) is 1.08. The van der Waals surface area contributed by atoms with Crippen molar-refractivity contribution < 1.29 is 14.3 Å². The minimum Gasteiger partial charge on any atom is -0.450 e. The highest BCUT2D eigenvalue weighted by atomic mass is 16.6. The lowest BCUT2D eigenvalue weighted by Crippen LogP contribution is -2.49. The second-order valence-electron chi connectivity index (χ2n) is 5.96. The Kier molecular flexibility index (Phi) is 6.14. The van der Waals surface area contributed by atoms with Gasteiger partial charge < -0.3 is 19.9 Å². The highest BCUT2D eigenvalue weighted by Gasteiger charge is 2.23. The third kappa shape index (κ3) is 4.90. The molecule has 0 unspecified atom stereocenters. The quantitative estimate of drug-likeness (QED) is 0.840. The van der Waals surface area contributed by atoms with Crippen LogP contribution in [-0.4, -0.2) is 64.6 Å². The number of amides is 2. The molecule has 142 valence electrons. The second kappa shape index (κ2) is 8.93. The Labute approximate surface area is 157 Å². The van der Waals surface area contributed by atoms with Crippen LogP contribution in [0.5, 0.6) is 0 Å². The van der Waals surface area contributed by atoms with Crippen molar-refractivity contribution >= 4 is 17.9 Å². The van der Waals surface area contributed by atoms with E-state index in [0.717, 1.165) is 5.56 Å². The molecule has 1 aliphatic rings. The Morgan fingerprint density at radius 2 is 2.00 bits per heavy atom. The van der Waals surface area contributed by atoms with Gasteiger partial charge in [-0.15, -0.1) is 0 Å². The fourth-order valence-electron chi connectivity index (χ4n) is 2.71. The topological polar surface area (TPSA) is 101 Å². The summed E-state index contributed by atoms with van der Waals surface area (Å²) < 4.78 is 5.02. The molecule has 0 spiro atoms. The molecule has 1 saturated heterocycles. The number of nitrogens with zero attached hydrogens (tertiary/aromatic N) is 5. The third-order valence-corrected chi connectivity index (χ3v) is 4.14. The van der Waals surface area contributed by atoms with E-state index in [9.17, 15) is 9.59 Å². The van der Waals surface area contributed by atoms with Gasteiger partial charge in [0.05, 0.1) is 6.61 Å². The van der Waals surface area contributed by atoms with Crippen LogP contribution in [0.2, 0.25) is 0 Å². The summed E-state index contributed by atoms with van der Waals surface area (Å²) >= 11 is 0. The Morgan fingerprint density at radius 3 is 2.70 bits per heavy atom. The lowest BCUT2D eigenvalue weighted by atomic mass is 10.3. The summed E-state index contributed by atoms with van der Waals surface area (Å²) in [6.45, 7) is 4.74. The number of rotatable bonds is 5. The zero-order valence-corrected chi connectivity index (χ0v) is 15.2. The summed E-state index contributed by atoms with van der Waals surface area (Å²) in [5.74, 6) is 0.209. The standard InChI is InChI=1S/C18H22N6O3/c1-2-27-18(26)24-10-8-23(9-11-24)17-20-7-5-15(22-17)16(25)21-13-14-4-3-6-19-12-14/h3-7,12H,2,8-11,13H2,1H3,(H,21,25). The Bertz CT molecular complexity index is 778. The van der Waals surface area contributed by atoms with Crippen molar-refractivity contribution in [3.05, 3.63) is 48.0 Å². The fraction of sp³-hybridized carbons (Fsp3) is 0.389. The molecular weight excluding hydrogens is 348 g/mol. The molecule has 9 nitrogen and oxygen atoms in total. The second-order valence-corrected chi connectivity index (χ2v) is 5.96. The lowest BCUT2D eigenvalue weighted by molar-refractivity contribution is 0.0945. The van der Waals surface area contributed by atoms with Gasteiger partial charge in [-0.05, 0) is 24.6 Å². The zero-order valence-electron chi connectivity index (χ0n) is 15.2. The molecule has 1 fully saturated rings. The molecule has 9 heteroatoms. The molecule has 0 saturated carbocycles. The van der Waals surface area contributed by atoms with Crippen molar-refractivity contribution in [2.75, 3.05) is 37.7 Å². The Morgan fingerprint density at radius 1 is 1.19 bits per heavy atom. The minimum absolute atomic E-state index is 0.271. The van der Waals surface area contributed by atoms with E-state index in [1.54, 1.807) is 36.5 Å². The number of ether oxygens (including phenoxy) is 1. The number of carbonyl (C=O) groups is 2. The van der Waals surface area contributed by atoms with E-state index in [1.807, 2.05) is 17.0 Å². The first-order valence-electron chi connectivity index (χ1n) is 8.84. The van der Waals surface area contributed by atoms with E-state index in [1.165, 1.54) is 0 Å². The molecule has 2 aromatic rings. The molecule has 0 aromatic carbocycles. The number of piperazine rings is 1. The molecule has 1 N–H and O–H groups in total. The van der Waals surface area contributed by atoms with Gasteiger partial charge in [0.25, 0.3) is 5.91 Å². The molecule has 1 aliphatic heterocycles. The van der Waals surface area contributed by atoms with Crippen LogP contribution in [0.1, 0.15) is 23.0 Å². The van der Waals surface area contributed by atoms with E-state index in [0.29, 0.717) is 51.0 Å². The average molecular weight is 370 g/mol. The summed E-state index contributed by atoms with van der Waals surface area (Å²) in [5, 5.41) is 2.82. The summed E-state index contributed by atoms with van der Waals surface area (Å²) in [4.78, 5) is 40.4. The first-order chi connectivity index (χ1) is 13.2. The maximum atomic E-state index is 12.4. The highest BCUT2D eigenvalue weighted by molar-refractivity contribution is 5.92. The lowest BCUT2D eigenvalue weighted by Gasteiger charge is -2.34. The van der Waals surface area contributed by atoms with Crippen molar-refractivity contribution in [3.63, 3.8) is 0 Å². The van der Waals surface area contributed by atoms with Crippen LogP contribution in [0.4, 0.5) is 10.7 Å². The molecule has 0 aliphatic carbocycles. The van der Waals surface area contributed by atoms with Crippen molar-refractivity contribution in [2.24, 2.45) is 0 Å². The summed E-state index contributed by atoms with van der Waals surface area (Å²) in [6.07, 6.45) is 4.65. The van der Waals surface area contributed by atoms with Gasteiger partial charge in [0.1, 0.15) is 5.69 Å². The van der Waals surface area contributed by atoms with Gasteiger partial charge in [-0.25, -0.2) is 14.8 Å². The number of carbonyl (C=O) groups excluding carboxylic acids is 2. The zero-order chi connectivity index (χ0) is 19.1. The van der Waals surface area contributed by atoms with Crippen molar-refractivity contribution in [1.82, 2.24) is 25.2 Å². The van der Waals surface area contributed by atoms with Crippen molar-refractivity contribution in [1.29, 1.82) is 0 Å². The van der Waals surface area contributed by atoms with E-state index < -0.39 is 0 Å². The number of hydrogen-bond donors (Lipinski definition) is 1. The number of pyridine rings is 1. The van der Waals surface area contributed by atoms with Crippen LogP contribution < -0.4 is 10.2 Å². The molecule has 0 atom stereocenters. The van der Waals surface area contributed by atoms with E-state index in [-0.39, 0.29) is 12.0 Å². The van der Waals surface area contributed by atoms with Gasteiger partial charge in [-0.2, -0.15) is 0 Å². The van der Waals surface area contributed by atoms with E-state index in [2.05, 4.69) is 20.3 Å². The van der Waals surface area contributed by atoms with Crippen molar-refractivity contribution in [2.45, 2.75) is 13.5 Å². The molecule has 3 rings (SSSR count). The normalized spacial score (nSPS) is 14.0. The maximum Gasteiger partial charge on any atom is 0.409 e. The monoisotopic (exact) mass is 370 g/mol. The average Bonchev–Trinajstić information content (AvgIpc) is 2.73. The first-order valence-corrected chi connectivity index (χ1v) is 8.84. The van der Waals surface area contributed by atoms with Crippen LogP contribution in [0, 0.1) is 0 Å². The number of aromatic nitrogens is 3.